The number of halogens is 1. The Bertz CT molecular complexity index is 619. The van der Waals surface area contributed by atoms with E-state index >= 15 is 0 Å². The normalized spacial score (nSPS) is 10.4. The fourth-order valence-corrected chi connectivity index (χ4v) is 2.44. The number of carbonyl (C=O) groups is 1. The van der Waals surface area contributed by atoms with E-state index in [2.05, 4.69) is 43.0 Å². The number of hydrogen-bond acceptors (Lipinski definition) is 2. The average Bonchev–Trinajstić information content (AvgIpc) is 2.43. The van der Waals surface area contributed by atoms with Crippen LogP contribution in [-0.2, 0) is 0 Å². The molecule has 0 N–H and O–H groups in total. The lowest BCUT2D eigenvalue weighted by atomic mass is 10.1. The lowest BCUT2D eigenvalue weighted by Crippen LogP contribution is -2.16. The standard InChI is InChI=1S/C17H18ClNO/c1-4-19(15-8-5-12(2)6-9-15)17-10-7-14(13(3)20)11-16(17)18/h5-11H,4H2,1-3H3. The molecule has 0 aliphatic carbocycles. The monoisotopic (exact) mass is 287 g/mol. The van der Waals surface area contributed by atoms with Crippen LogP contribution in [0.5, 0.6) is 0 Å². The van der Waals surface area contributed by atoms with Crippen molar-refractivity contribution in [3.05, 3.63) is 58.6 Å². The third kappa shape index (κ3) is 3.02. The van der Waals surface area contributed by atoms with Gasteiger partial charge in [0.15, 0.2) is 5.78 Å². The molecule has 0 aliphatic heterocycles. The number of rotatable bonds is 4. The summed E-state index contributed by atoms with van der Waals surface area (Å²) in [5.74, 6) is 0.0248. The second-order valence-corrected chi connectivity index (χ2v) is 5.21. The number of hydrogen-bond donors (Lipinski definition) is 0. The Balaban J connectivity index is 2.41. The second kappa shape index (κ2) is 6.10. The largest absolute Gasteiger partial charge is 0.341 e. The van der Waals surface area contributed by atoms with Crippen LogP contribution in [0.1, 0.15) is 29.8 Å². The van der Waals surface area contributed by atoms with E-state index in [0.717, 1.165) is 17.9 Å². The molecule has 0 spiro atoms. The summed E-state index contributed by atoms with van der Waals surface area (Å²) in [4.78, 5) is 13.5. The summed E-state index contributed by atoms with van der Waals surface area (Å²) in [7, 11) is 0. The predicted molar refractivity (Wildman–Crippen MR) is 85.3 cm³/mol. The molecule has 0 aliphatic rings. The molecule has 2 aromatic rings. The maximum atomic E-state index is 11.4. The van der Waals surface area contributed by atoms with Gasteiger partial charge in [-0.25, -0.2) is 0 Å². The van der Waals surface area contributed by atoms with Crippen molar-refractivity contribution >= 4 is 28.8 Å². The van der Waals surface area contributed by atoms with Crippen LogP contribution >= 0.6 is 11.6 Å². The van der Waals surface area contributed by atoms with Crippen molar-refractivity contribution < 1.29 is 4.79 Å². The lowest BCUT2D eigenvalue weighted by Gasteiger charge is -2.24. The average molecular weight is 288 g/mol. The summed E-state index contributed by atoms with van der Waals surface area (Å²) in [5, 5.41) is 0.597. The van der Waals surface area contributed by atoms with E-state index in [1.54, 1.807) is 13.0 Å². The van der Waals surface area contributed by atoms with Crippen molar-refractivity contribution in [2.45, 2.75) is 20.8 Å². The number of Topliss-reactive ketones (excluding diaryl/α,β-unsaturated/α-hetero) is 1. The maximum Gasteiger partial charge on any atom is 0.159 e. The van der Waals surface area contributed by atoms with E-state index in [4.69, 9.17) is 11.6 Å². The van der Waals surface area contributed by atoms with E-state index in [-0.39, 0.29) is 5.78 Å². The Labute approximate surface area is 125 Å². The zero-order chi connectivity index (χ0) is 14.7. The smallest absolute Gasteiger partial charge is 0.159 e. The lowest BCUT2D eigenvalue weighted by molar-refractivity contribution is 0.101. The highest BCUT2D eigenvalue weighted by Gasteiger charge is 2.12. The van der Waals surface area contributed by atoms with Gasteiger partial charge in [0.2, 0.25) is 0 Å². The summed E-state index contributed by atoms with van der Waals surface area (Å²) in [6, 6.07) is 13.8. The number of anilines is 2. The first kappa shape index (κ1) is 14.6. The van der Waals surface area contributed by atoms with Gasteiger partial charge in [-0.1, -0.05) is 29.3 Å². The zero-order valence-electron chi connectivity index (χ0n) is 12.0. The molecule has 0 saturated heterocycles. The SMILES string of the molecule is CCN(c1ccc(C)cc1)c1ccc(C(C)=O)cc1Cl. The predicted octanol–water partition coefficient (Wildman–Crippen LogP) is 5.01. The van der Waals surface area contributed by atoms with Crippen molar-refractivity contribution in [3.63, 3.8) is 0 Å². The summed E-state index contributed by atoms with van der Waals surface area (Å²) < 4.78 is 0. The van der Waals surface area contributed by atoms with Crippen LogP contribution in [0.15, 0.2) is 42.5 Å². The van der Waals surface area contributed by atoms with Crippen molar-refractivity contribution in [1.82, 2.24) is 0 Å². The first-order valence-electron chi connectivity index (χ1n) is 6.67. The summed E-state index contributed by atoms with van der Waals surface area (Å²) in [5.41, 5.74) is 3.88. The second-order valence-electron chi connectivity index (χ2n) is 4.80. The number of nitrogens with zero attached hydrogens (tertiary/aromatic N) is 1. The van der Waals surface area contributed by atoms with Crippen LogP contribution in [0.3, 0.4) is 0 Å². The zero-order valence-corrected chi connectivity index (χ0v) is 12.7. The molecule has 0 heterocycles. The third-order valence-electron chi connectivity index (χ3n) is 3.31. The van der Waals surface area contributed by atoms with E-state index in [9.17, 15) is 4.79 Å². The minimum atomic E-state index is 0.0248. The molecule has 104 valence electrons. The maximum absolute atomic E-state index is 11.4. The molecule has 0 saturated carbocycles. The molecule has 2 nitrogen and oxygen atoms in total. The van der Waals surface area contributed by atoms with Crippen molar-refractivity contribution in [2.24, 2.45) is 0 Å². The van der Waals surface area contributed by atoms with Crippen molar-refractivity contribution in [1.29, 1.82) is 0 Å². The molecule has 0 radical (unpaired) electrons. The third-order valence-corrected chi connectivity index (χ3v) is 3.61. The Hall–Kier alpha value is -1.80. The van der Waals surface area contributed by atoms with E-state index in [1.807, 2.05) is 12.1 Å². The molecule has 2 aromatic carbocycles. The quantitative estimate of drug-likeness (QED) is 0.737. The van der Waals surface area contributed by atoms with Crippen LogP contribution in [0.2, 0.25) is 5.02 Å². The van der Waals surface area contributed by atoms with E-state index < -0.39 is 0 Å². The first-order chi connectivity index (χ1) is 9.52. The molecule has 2 rings (SSSR count). The van der Waals surface area contributed by atoms with Gasteiger partial charge in [-0.3, -0.25) is 4.79 Å². The highest BCUT2D eigenvalue weighted by atomic mass is 35.5. The van der Waals surface area contributed by atoms with Gasteiger partial charge in [-0.15, -0.1) is 0 Å². The molecule has 3 heteroatoms. The van der Waals surface area contributed by atoms with E-state index in [1.165, 1.54) is 5.56 Å². The Morgan fingerprint density at radius 1 is 1.15 bits per heavy atom. The summed E-state index contributed by atoms with van der Waals surface area (Å²) in [6.07, 6.45) is 0. The molecule has 0 atom stereocenters. The van der Waals surface area contributed by atoms with Gasteiger partial charge in [-0.05, 0) is 51.1 Å². The first-order valence-corrected chi connectivity index (χ1v) is 7.05. The minimum absolute atomic E-state index is 0.0248. The Morgan fingerprint density at radius 3 is 2.30 bits per heavy atom. The van der Waals surface area contributed by atoms with Crippen molar-refractivity contribution in [3.8, 4) is 0 Å². The number of carbonyl (C=O) groups excluding carboxylic acids is 1. The molecule has 20 heavy (non-hydrogen) atoms. The van der Waals surface area contributed by atoms with Gasteiger partial charge in [0.05, 0.1) is 10.7 Å². The highest BCUT2D eigenvalue weighted by molar-refractivity contribution is 6.33. The van der Waals surface area contributed by atoms with Crippen LogP contribution in [0, 0.1) is 6.92 Å². The molecule has 0 bridgehead atoms. The molecule has 0 unspecified atom stereocenters. The fraction of sp³-hybridized carbons (Fsp3) is 0.235. The number of benzene rings is 2. The van der Waals surface area contributed by atoms with Gasteiger partial charge in [0.1, 0.15) is 0 Å². The summed E-state index contributed by atoms with van der Waals surface area (Å²) >= 11 is 6.33. The van der Waals surface area contributed by atoms with Gasteiger partial charge in [0, 0.05) is 17.8 Å². The van der Waals surface area contributed by atoms with Gasteiger partial charge >= 0.3 is 0 Å². The molecule has 0 fully saturated rings. The van der Waals surface area contributed by atoms with Crippen molar-refractivity contribution in [2.75, 3.05) is 11.4 Å². The van der Waals surface area contributed by atoms with Gasteiger partial charge in [0.25, 0.3) is 0 Å². The van der Waals surface area contributed by atoms with Gasteiger partial charge < -0.3 is 4.90 Å². The van der Waals surface area contributed by atoms with E-state index in [0.29, 0.717) is 10.6 Å². The number of ketones is 1. The fourth-order valence-electron chi connectivity index (χ4n) is 2.16. The Kier molecular flexibility index (Phi) is 4.46. The van der Waals surface area contributed by atoms with Gasteiger partial charge in [-0.2, -0.15) is 0 Å². The molecular weight excluding hydrogens is 270 g/mol. The van der Waals surface area contributed by atoms with Crippen LogP contribution < -0.4 is 4.90 Å². The minimum Gasteiger partial charge on any atom is -0.341 e. The highest BCUT2D eigenvalue weighted by Crippen LogP contribution is 2.32. The van der Waals surface area contributed by atoms with Crippen LogP contribution in [0.25, 0.3) is 0 Å². The topological polar surface area (TPSA) is 20.3 Å². The molecule has 0 amide bonds. The molecular formula is C17H18ClNO. The van der Waals surface area contributed by atoms with Crippen LogP contribution in [0.4, 0.5) is 11.4 Å². The molecule has 0 aromatic heterocycles. The summed E-state index contributed by atoms with van der Waals surface area (Å²) in [6.45, 7) is 6.49. The number of aryl methyl sites for hydroxylation is 1. The van der Waals surface area contributed by atoms with Crippen LogP contribution in [-0.4, -0.2) is 12.3 Å². The Morgan fingerprint density at radius 2 is 1.80 bits per heavy atom.